The van der Waals surface area contributed by atoms with Gasteiger partial charge in [-0.1, -0.05) is 0 Å². The van der Waals surface area contributed by atoms with Crippen molar-refractivity contribution < 1.29 is 8.42 Å². The second-order valence-corrected chi connectivity index (χ2v) is 7.33. The van der Waals surface area contributed by atoms with Crippen LogP contribution in [0.2, 0.25) is 0 Å². The Labute approximate surface area is 123 Å². The third-order valence-corrected chi connectivity index (χ3v) is 4.95. The third kappa shape index (κ3) is 3.27. The highest BCUT2D eigenvalue weighted by molar-refractivity contribution is 7.88. The molecule has 1 aliphatic rings. The summed E-state index contributed by atoms with van der Waals surface area (Å²) in [5.74, 6) is 0.297. The maximum atomic E-state index is 11.5. The molecule has 0 radical (unpaired) electrons. The van der Waals surface area contributed by atoms with Gasteiger partial charge in [0.15, 0.2) is 0 Å². The molecule has 112 valence electrons. The van der Waals surface area contributed by atoms with Gasteiger partial charge in [0.1, 0.15) is 5.69 Å². The molecule has 1 fully saturated rings. The van der Waals surface area contributed by atoms with Crippen LogP contribution < -0.4 is 0 Å². The fourth-order valence-corrected chi connectivity index (χ4v) is 3.51. The van der Waals surface area contributed by atoms with Gasteiger partial charge >= 0.3 is 0 Å². The van der Waals surface area contributed by atoms with Gasteiger partial charge in [-0.3, -0.25) is 10.1 Å². The number of aromatic amines is 1. The SMILES string of the molecule is CS(=O)(=O)N1CC[C@@H](Cc2cncc(-c3ccn[nH]3)n2)C1. The van der Waals surface area contributed by atoms with E-state index in [9.17, 15) is 8.42 Å². The minimum absolute atomic E-state index is 0.297. The van der Waals surface area contributed by atoms with Crippen LogP contribution in [0.4, 0.5) is 0 Å². The molecule has 2 aromatic rings. The van der Waals surface area contributed by atoms with Crippen LogP contribution in [0.25, 0.3) is 11.4 Å². The lowest BCUT2D eigenvalue weighted by Gasteiger charge is -2.13. The van der Waals surface area contributed by atoms with Crippen molar-refractivity contribution in [1.82, 2.24) is 24.5 Å². The van der Waals surface area contributed by atoms with Gasteiger partial charge in [-0.15, -0.1) is 0 Å². The van der Waals surface area contributed by atoms with E-state index in [4.69, 9.17) is 0 Å². The Morgan fingerprint density at radius 3 is 2.95 bits per heavy atom. The van der Waals surface area contributed by atoms with Crippen molar-refractivity contribution in [2.24, 2.45) is 5.92 Å². The molecule has 0 aliphatic carbocycles. The Bertz CT molecular complexity index is 714. The van der Waals surface area contributed by atoms with E-state index in [1.807, 2.05) is 6.07 Å². The number of aromatic nitrogens is 4. The van der Waals surface area contributed by atoms with Crippen molar-refractivity contribution in [1.29, 1.82) is 0 Å². The molecule has 0 saturated carbocycles. The maximum absolute atomic E-state index is 11.5. The Morgan fingerprint density at radius 2 is 2.29 bits per heavy atom. The number of hydrogen-bond donors (Lipinski definition) is 1. The largest absolute Gasteiger partial charge is 0.276 e. The van der Waals surface area contributed by atoms with Crippen LogP contribution in [0.3, 0.4) is 0 Å². The van der Waals surface area contributed by atoms with Gasteiger partial charge in [-0.05, 0) is 24.8 Å². The zero-order valence-electron chi connectivity index (χ0n) is 11.7. The average Bonchev–Trinajstić information content (AvgIpc) is 3.09. The first kappa shape index (κ1) is 14.2. The molecule has 1 saturated heterocycles. The Morgan fingerprint density at radius 1 is 1.43 bits per heavy atom. The lowest BCUT2D eigenvalue weighted by Crippen LogP contribution is -2.27. The number of H-pyrrole nitrogens is 1. The smallest absolute Gasteiger partial charge is 0.211 e. The Hall–Kier alpha value is -1.80. The van der Waals surface area contributed by atoms with Crippen LogP contribution in [0.15, 0.2) is 24.7 Å². The van der Waals surface area contributed by atoms with Crippen LogP contribution >= 0.6 is 0 Å². The molecule has 8 heteroatoms. The van der Waals surface area contributed by atoms with Crippen molar-refractivity contribution in [3.8, 4) is 11.4 Å². The monoisotopic (exact) mass is 307 g/mol. The van der Waals surface area contributed by atoms with E-state index in [0.717, 1.165) is 29.9 Å². The van der Waals surface area contributed by atoms with Crippen molar-refractivity contribution in [3.05, 3.63) is 30.4 Å². The second kappa shape index (κ2) is 5.53. The molecule has 3 heterocycles. The Kier molecular flexibility index (Phi) is 3.73. The summed E-state index contributed by atoms with van der Waals surface area (Å²) >= 11 is 0. The first-order valence-corrected chi connectivity index (χ1v) is 8.63. The van der Waals surface area contributed by atoms with E-state index in [-0.39, 0.29) is 0 Å². The lowest BCUT2D eigenvalue weighted by atomic mass is 10.0. The predicted molar refractivity (Wildman–Crippen MR) is 77.8 cm³/mol. The number of nitrogens with one attached hydrogen (secondary N) is 1. The summed E-state index contributed by atoms with van der Waals surface area (Å²) in [6, 6.07) is 1.84. The molecule has 7 nitrogen and oxygen atoms in total. The summed E-state index contributed by atoms with van der Waals surface area (Å²) < 4.78 is 24.6. The van der Waals surface area contributed by atoms with Gasteiger partial charge in [-0.25, -0.2) is 17.7 Å². The molecule has 1 atom stereocenters. The lowest BCUT2D eigenvalue weighted by molar-refractivity contribution is 0.459. The van der Waals surface area contributed by atoms with Crippen molar-refractivity contribution in [2.45, 2.75) is 12.8 Å². The number of rotatable bonds is 4. The topological polar surface area (TPSA) is 91.8 Å². The van der Waals surface area contributed by atoms with E-state index in [1.165, 1.54) is 10.6 Å². The normalized spacial score (nSPS) is 20.0. The minimum Gasteiger partial charge on any atom is -0.276 e. The molecular formula is C13H17N5O2S. The van der Waals surface area contributed by atoms with E-state index < -0.39 is 10.0 Å². The van der Waals surface area contributed by atoms with Crippen LogP contribution in [0.5, 0.6) is 0 Å². The van der Waals surface area contributed by atoms with Crippen LogP contribution in [-0.2, 0) is 16.4 Å². The summed E-state index contributed by atoms with van der Waals surface area (Å²) in [4.78, 5) is 8.77. The fourth-order valence-electron chi connectivity index (χ4n) is 2.59. The summed E-state index contributed by atoms with van der Waals surface area (Å²) in [7, 11) is -3.09. The Balaban J connectivity index is 1.71. The molecule has 3 rings (SSSR count). The summed E-state index contributed by atoms with van der Waals surface area (Å²) in [5, 5.41) is 6.76. The first-order chi connectivity index (χ1) is 10.0. The number of hydrogen-bond acceptors (Lipinski definition) is 5. The second-order valence-electron chi connectivity index (χ2n) is 5.35. The van der Waals surface area contributed by atoms with Gasteiger partial charge in [-0.2, -0.15) is 5.10 Å². The van der Waals surface area contributed by atoms with Gasteiger partial charge in [0, 0.05) is 25.5 Å². The van der Waals surface area contributed by atoms with E-state index >= 15 is 0 Å². The molecule has 0 bridgehead atoms. The highest BCUT2D eigenvalue weighted by Crippen LogP contribution is 2.22. The van der Waals surface area contributed by atoms with Gasteiger partial charge < -0.3 is 0 Å². The van der Waals surface area contributed by atoms with Gasteiger partial charge in [0.25, 0.3) is 0 Å². The van der Waals surface area contributed by atoms with Crippen molar-refractivity contribution in [3.63, 3.8) is 0 Å². The predicted octanol–water partition coefficient (Wildman–Crippen LogP) is 0.691. The number of sulfonamides is 1. The van der Waals surface area contributed by atoms with Gasteiger partial charge in [0.2, 0.25) is 10.0 Å². The van der Waals surface area contributed by atoms with Crippen molar-refractivity contribution in [2.75, 3.05) is 19.3 Å². The van der Waals surface area contributed by atoms with Crippen LogP contribution in [-0.4, -0.2) is 52.2 Å². The molecule has 0 unspecified atom stereocenters. The summed E-state index contributed by atoms with van der Waals surface area (Å²) in [6.45, 7) is 1.16. The highest BCUT2D eigenvalue weighted by atomic mass is 32.2. The average molecular weight is 307 g/mol. The molecular weight excluding hydrogens is 290 g/mol. The zero-order valence-corrected chi connectivity index (χ0v) is 12.5. The van der Waals surface area contributed by atoms with E-state index in [1.54, 1.807) is 18.6 Å². The van der Waals surface area contributed by atoms with Crippen molar-refractivity contribution >= 4 is 10.0 Å². The minimum atomic E-state index is -3.09. The van der Waals surface area contributed by atoms with E-state index in [0.29, 0.717) is 19.0 Å². The third-order valence-electron chi connectivity index (χ3n) is 3.68. The summed E-state index contributed by atoms with van der Waals surface area (Å²) in [6.07, 6.45) is 7.96. The zero-order chi connectivity index (χ0) is 14.9. The molecule has 2 aromatic heterocycles. The number of nitrogens with zero attached hydrogens (tertiary/aromatic N) is 4. The molecule has 21 heavy (non-hydrogen) atoms. The molecule has 1 aliphatic heterocycles. The fraction of sp³-hybridized carbons (Fsp3) is 0.462. The highest BCUT2D eigenvalue weighted by Gasteiger charge is 2.28. The van der Waals surface area contributed by atoms with Gasteiger partial charge in [0.05, 0.1) is 23.8 Å². The summed E-state index contributed by atoms with van der Waals surface area (Å²) in [5.41, 5.74) is 2.46. The van der Waals surface area contributed by atoms with E-state index in [2.05, 4.69) is 20.2 Å². The maximum Gasteiger partial charge on any atom is 0.211 e. The first-order valence-electron chi connectivity index (χ1n) is 6.78. The quantitative estimate of drug-likeness (QED) is 0.897. The molecule has 1 N–H and O–H groups in total. The molecule has 0 aromatic carbocycles. The molecule has 0 amide bonds. The van der Waals surface area contributed by atoms with Crippen LogP contribution in [0.1, 0.15) is 12.1 Å². The van der Waals surface area contributed by atoms with Crippen LogP contribution in [0, 0.1) is 5.92 Å². The molecule has 0 spiro atoms. The standard InChI is InChI=1S/C13H17N5O2S/c1-21(19,20)18-5-3-10(9-18)6-11-7-14-8-13(16-11)12-2-4-15-17-12/h2,4,7-8,10H,3,5-6,9H2,1H3,(H,15,17)/t10-/m0/s1.